The van der Waals surface area contributed by atoms with Crippen LogP contribution in [0.4, 0.5) is 10.5 Å². The monoisotopic (exact) mass is 462 g/mol. The molecule has 1 aliphatic carbocycles. The van der Waals surface area contributed by atoms with Gasteiger partial charge in [-0.3, -0.25) is 19.7 Å². The minimum Gasteiger partial charge on any atom is -0.326 e. The molecule has 4 rings (SSSR count). The standard InChI is InChI=1S/C27H30N2O3S/c1-15-11-20-21(27(5,6)10-9-26(20,3)4)14-19(15)18-8-7-17(12-22(18)28-16(2)30)13-23-24(31)29-25(32)33-23/h7-8,11-14H,9-10H2,1-6H3,(H,28,30)(H,29,31,32). The molecule has 2 aliphatic rings. The molecule has 0 atom stereocenters. The van der Waals surface area contributed by atoms with Crippen molar-refractivity contribution < 1.29 is 14.4 Å². The van der Waals surface area contributed by atoms with Gasteiger partial charge in [-0.2, -0.15) is 0 Å². The lowest BCUT2D eigenvalue weighted by Gasteiger charge is -2.42. The largest absolute Gasteiger partial charge is 0.326 e. The molecule has 1 heterocycles. The third-order valence-electron chi connectivity index (χ3n) is 6.78. The summed E-state index contributed by atoms with van der Waals surface area (Å²) in [4.78, 5) is 35.8. The van der Waals surface area contributed by atoms with E-state index in [1.54, 1.807) is 6.08 Å². The van der Waals surface area contributed by atoms with E-state index < -0.39 is 5.91 Å². The van der Waals surface area contributed by atoms with Crippen LogP contribution in [0.25, 0.3) is 17.2 Å². The highest BCUT2D eigenvalue weighted by Gasteiger charge is 2.37. The third-order valence-corrected chi connectivity index (χ3v) is 7.59. The zero-order chi connectivity index (χ0) is 24.1. The molecule has 2 aromatic rings. The summed E-state index contributed by atoms with van der Waals surface area (Å²) in [6, 6.07) is 10.4. The van der Waals surface area contributed by atoms with Crippen LogP contribution in [0.3, 0.4) is 0 Å². The van der Waals surface area contributed by atoms with E-state index in [9.17, 15) is 14.4 Å². The minimum atomic E-state index is -0.398. The first-order valence-electron chi connectivity index (χ1n) is 11.2. The maximum absolute atomic E-state index is 12.0. The Morgan fingerprint density at radius 2 is 1.64 bits per heavy atom. The van der Waals surface area contributed by atoms with Gasteiger partial charge in [-0.05, 0) is 88.4 Å². The van der Waals surface area contributed by atoms with Gasteiger partial charge in [0.15, 0.2) is 0 Å². The number of fused-ring (bicyclic) bond motifs is 1. The molecule has 172 valence electrons. The number of hydrogen-bond acceptors (Lipinski definition) is 4. The molecule has 1 saturated heterocycles. The average molecular weight is 463 g/mol. The number of amides is 3. The van der Waals surface area contributed by atoms with Gasteiger partial charge in [-0.25, -0.2) is 0 Å². The van der Waals surface area contributed by atoms with Crippen molar-refractivity contribution in [1.29, 1.82) is 0 Å². The van der Waals surface area contributed by atoms with E-state index in [2.05, 4.69) is 57.4 Å². The van der Waals surface area contributed by atoms with E-state index in [1.165, 1.54) is 18.1 Å². The van der Waals surface area contributed by atoms with Crippen molar-refractivity contribution in [2.75, 3.05) is 5.32 Å². The Morgan fingerprint density at radius 3 is 2.21 bits per heavy atom. The molecule has 0 radical (unpaired) electrons. The van der Waals surface area contributed by atoms with Crippen LogP contribution in [-0.2, 0) is 20.4 Å². The first-order chi connectivity index (χ1) is 15.4. The lowest BCUT2D eigenvalue weighted by atomic mass is 9.62. The van der Waals surface area contributed by atoms with Crippen LogP contribution in [0.5, 0.6) is 0 Å². The van der Waals surface area contributed by atoms with Crippen LogP contribution in [0.1, 0.15) is 69.7 Å². The number of aryl methyl sites for hydroxylation is 1. The Kier molecular flexibility index (Phi) is 5.77. The molecule has 0 spiro atoms. The van der Waals surface area contributed by atoms with Crippen molar-refractivity contribution in [2.24, 2.45) is 0 Å². The second-order valence-corrected chi connectivity index (χ2v) is 11.3. The molecule has 5 nitrogen and oxygen atoms in total. The third kappa shape index (κ3) is 4.49. The van der Waals surface area contributed by atoms with Crippen molar-refractivity contribution >= 4 is 40.6 Å². The fourth-order valence-corrected chi connectivity index (χ4v) is 5.45. The fraction of sp³-hybridized carbons (Fsp3) is 0.370. The number of thioether (sulfide) groups is 1. The van der Waals surface area contributed by atoms with Crippen molar-refractivity contribution in [3.05, 3.63) is 57.5 Å². The van der Waals surface area contributed by atoms with Gasteiger partial charge in [0, 0.05) is 18.2 Å². The van der Waals surface area contributed by atoms with E-state index in [4.69, 9.17) is 0 Å². The summed E-state index contributed by atoms with van der Waals surface area (Å²) in [7, 11) is 0. The molecule has 0 bridgehead atoms. The smallest absolute Gasteiger partial charge is 0.290 e. The number of imide groups is 1. The van der Waals surface area contributed by atoms with Gasteiger partial charge in [0.1, 0.15) is 0 Å². The summed E-state index contributed by atoms with van der Waals surface area (Å²) >= 11 is 0.880. The summed E-state index contributed by atoms with van der Waals surface area (Å²) in [5.41, 5.74) is 7.57. The molecule has 0 unspecified atom stereocenters. The number of anilines is 1. The first-order valence-corrected chi connectivity index (χ1v) is 12.0. The van der Waals surface area contributed by atoms with Crippen LogP contribution in [0.15, 0.2) is 35.2 Å². The van der Waals surface area contributed by atoms with E-state index in [1.807, 2.05) is 18.2 Å². The summed E-state index contributed by atoms with van der Waals surface area (Å²) in [5, 5.41) is 4.85. The quantitative estimate of drug-likeness (QED) is 0.525. The van der Waals surface area contributed by atoms with Crippen molar-refractivity contribution in [3.63, 3.8) is 0 Å². The summed E-state index contributed by atoms with van der Waals surface area (Å²) < 4.78 is 0. The van der Waals surface area contributed by atoms with Crippen molar-refractivity contribution in [1.82, 2.24) is 5.32 Å². The number of nitrogens with one attached hydrogen (secondary N) is 2. The first kappa shape index (κ1) is 23.3. The van der Waals surface area contributed by atoms with E-state index in [0.717, 1.165) is 46.9 Å². The molecule has 3 amide bonds. The Bertz CT molecular complexity index is 1220. The highest BCUT2D eigenvalue weighted by molar-refractivity contribution is 8.18. The fourth-order valence-electron chi connectivity index (χ4n) is 4.76. The normalized spacial score (nSPS) is 19.9. The lowest BCUT2D eigenvalue weighted by Crippen LogP contribution is -2.34. The van der Waals surface area contributed by atoms with Crippen LogP contribution in [0, 0.1) is 6.92 Å². The van der Waals surface area contributed by atoms with Gasteiger partial charge in [-0.15, -0.1) is 0 Å². The Morgan fingerprint density at radius 1 is 1.00 bits per heavy atom. The van der Waals surface area contributed by atoms with Crippen LogP contribution in [0.2, 0.25) is 0 Å². The molecule has 2 aromatic carbocycles. The average Bonchev–Trinajstić information content (AvgIpc) is 3.02. The number of carbonyl (C=O) groups is 3. The molecular formula is C27H30N2O3S. The molecule has 1 fully saturated rings. The molecular weight excluding hydrogens is 432 g/mol. The summed E-state index contributed by atoms with van der Waals surface area (Å²) in [6.07, 6.45) is 3.95. The second-order valence-electron chi connectivity index (χ2n) is 10.3. The molecule has 0 saturated carbocycles. The number of benzene rings is 2. The highest BCUT2D eigenvalue weighted by atomic mass is 32.2. The van der Waals surface area contributed by atoms with Gasteiger partial charge in [0.2, 0.25) is 5.91 Å². The number of hydrogen-bond donors (Lipinski definition) is 2. The van der Waals surface area contributed by atoms with Gasteiger partial charge in [0.25, 0.3) is 11.1 Å². The second kappa shape index (κ2) is 8.17. The zero-order valence-corrected chi connectivity index (χ0v) is 20.8. The zero-order valence-electron chi connectivity index (χ0n) is 20.0. The molecule has 6 heteroatoms. The highest BCUT2D eigenvalue weighted by Crippen LogP contribution is 2.48. The number of rotatable bonds is 3. The number of carbonyl (C=O) groups excluding carboxylic acids is 3. The lowest BCUT2D eigenvalue weighted by molar-refractivity contribution is -0.115. The predicted molar refractivity (Wildman–Crippen MR) is 135 cm³/mol. The van der Waals surface area contributed by atoms with Gasteiger partial charge < -0.3 is 5.32 Å². The summed E-state index contributed by atoms with van der Waals surface area (Å²) in [6.45, 7) is 12.8. The van der Waals surface area contributed by atoms with E-state index in [0.29, 0.717) is 10.6 Å². The van der Waals surface area contributed by atoms with Gasteiger partial charge in [0.05, 0.1) is 4.91 Å². The molecule has 33 heavy (non-hydrogen) atoms. The van der Waals surface area contributed by atoms with Gasteiger partial charge in [-0.1, -0.05) is 45.9 Å². The SMILES string of the molecule is CC(=O)Nc1cc(C=C2SC(=O)NC2=O)ccc1-c1cc2c(cc1C)C(C)(C)CCC2(C)C. The van der Waals surface area contributed by atoms with E-state index in [-0.39, 0.29) is 22.0 Å². The van der Waals surface area contributed by atoms with Gasteiger partial charge >= 0.3 is 0 Å². The maximum atomic E-state index is 12.0. The molecule has 1 aliphatic heterocycles. The Labute approximate surface area is 199 Å². The Balaban J connectivity index is 1.85. The maximum Gasteiger partial charge on any atom is 0.290 e. The minimum absolute atomic E-state index is 0.0748. The van der Waals surface area contributed by atoms with Crippen LogP contribution >= 0.6 is 11.8 Å². The molecule has 2 N–H and O–H groups in total. The Hall–Kier alpha value is -2.86. The predicted octanol–water partition coefficient (Wildman–Crippen LogP) is 6.29. The van der Waals surface area contributed by atoms with Crippen LogP contribution in [-0.4, -0.2) is 17.1 Å². The topological polar surface area (TPSA) is 75.3 Å². The molecule has 0 aromatic heterocycles. The van der Waals surface area contributed by atoms with E-state index >= 15 is 0 Å². The van der Waals surface area contributed by atoms with Crippen molar-refractivity contribution in [2.45, 2.75) is 65.2 Å². The van der Waals surface area contributed by atoms with Crippen LogP contribution < -0.4 is 10.6 Å². The van der Waals surface area contributed by atoms with Crippen molar-refractivity contribution in [3.8, 4) is 11.1 Å². The summed E-state index contributed by atoms with van der Waals surface area (Å²) in [5.74, 6) is -0.563.